The zero-order chi connectivity index (χ0) is 9.54. The molecule has 0 radical (unpaired) electrons. The molecule has 0 aliphatic heterocycles. The molecule has 0 saturated heterocycles. The summed E-state index contributed by atoms with van der Waals surface area (Å²) in [5, 5.41) is 3.14. The molecule has 2 aromatic heterocycles. The van der Waals surface area contributed by atoms with Crippen molar-refractivity contribution in [3.63, 3.8) is 0 Å². The summed E-state index contributed by atoms with van der Waals surface area (Å²) in [5.74, 6) is 0.177. The van der Waals surface area contributed by atoms with Crippen molar-refractivity contribution in [2.75, 3.05) is 0 Å². The van der Waals surface area contributed by atoms with E-state index in [0.29, 0.717) is 6.42 Å². The van der Waals surface area contributed by atoms with Crippen molar-refractivity contribution in [2.45, 2.75) is 6.42 Å². The first kappa shape index (κ1) is 7.88. The van der Waals surface area contributed by atoms with E-state index in [2.05, 4.69) is 4.98 Å². The molecule has 0 amide bonds. The van der Waals surface area contributed by atoms with Crippen LogP contribution in [0, 0.1) is 0 Å². The lowest BCUT2D eigenvalue weighted by Crippen LogP contribution is -2.05. The number of pyridine rings is 1. The Morgan fingerprint density at radius 2 is 2.29 bits per heavy atom. The van der Waals surface area contributed by atoms with E-state index in [1.165, 1.54) is 0 Å². The maximum Gasteiger partial charge on any atom is 0.160 e. The Balaban J connectivity index is 2.39. The SMILES string of the molecule is O=C1C=Cc2cnc3sccc3c2C1. The number of nitrogens with zero attached hydrogens (tertiary/aromatic N) is 1. The third-order valence-corrected chi connectivity index (χ3v) is 3.26. The normalized spacial score (nSPS) is 14.7. The highest BCUT2D eigenvalue weighted by molar-refractivity contribution is 7.16. The van der Waals surface area contributed by atoms with Crippen LogP contribution in [0.2, 0.25) is 0 Å². The zero-order valence-corrected chi connectivity index (χ0v) is 8.17. The lowest BCUT2D eigenvalue weighted by molar-refractivity contribution is -0.114. The van der Waals surface area contributed by atoms with Crippen LogP contribution in [0.15, 0.2) is 23.7 Å². The quantitative estimate of drug-likeness (QED) is 0.655. The Kier molecular flexibility index (Phi) is 1.55. The lowest BCUT2D eigenvalue weighted by atomic mass is 9.96. The molecule has 1 aliphatic rings. The second-order valence-electron chi connectivity index (χ2n) is 3.31. The Hall–Kier alpha value is -1.48. The van der Waals surface area contributed by atoms with Crippen molar-refractivity contribution in [3.05, 3.63) is 34.8 Å². The standard InChI is InChI=1S/C11H7NOS/c13-8-2-1-7-6-12-11-9(3-4-14-11)10(7)5-8/h1-4,6H,5H2. The molecule has 0 N–H and O–H groups in total. The van der Waals surface area contributed by atoms with Gasteiger partial charge in [0.2, 0.25) is 0 Å². The Morgan fingerprint density at radius 3 is 3.21 bits per heavy atom. The van der Waals surface area contributed by atoms with E-state index in [0.717, 1.165) is 21.3 Å². The summed E-state index contributed by atoms with van der Waals surface area (Å²) in [6.45, 7) is 0. The summed E-state index contributed by atoms with van der Waals surface area (Å²) < 4.78 is 0. The van der Waals surface area contributed by atoms with Gasteiger partial charge in [-0.25, -0.2) is 4.98 Å². The molecule has 2 heterocycles. The number of carbonyl (C=O) groups is 1. The Morgan fingerprint density at radius 1 is 1.36 bits per heavy atom. The van der Waals surface area contributed by atoms with Crippen LogP contribution in [0.25, 0.3) is 16.3 Å². The number of allylic oxidation sites excluding steroid dienone is 1. The van der Waals surface area contributed by atoms with Gasteiger partial charge in [0, 0.05) is 18.0 Å². The van der Waals surface area contributed by atoms with E-state index in [4.69, 9.17) is 0 Å². The van der Waals surface area contributed by atoms with Gasteiger partial charge in [-0.15, -0.1) is 11.3 Å². The molecule has 3 heteroatoms. The monoisotopic (exact) mass is 201 g/mol. The molecule has 0 aromatic carbocycles. The molecule has 3 rings (SSSR count). The van der Waals surface area contributed by atoms with Crippen LogP contribution in [0.5, 0.6) is 0 Å². The fourth-order valence-electron chi connectivity index (χ4n) is 1.75. The van der Waals surface area contributed by atoms with E-state index in [9.17, 15) is 4.79 Å². The van der Waals surface area contributed by atoms with Crippen LogP contribution in [0.4, 0.5) is 0 Å². The molecule has 2 nitrogen and oxygen atoms in total. The third kappa shape index (κ3) is 1.02. The minimum absolute atomic E-state index is 0.177. The van der Waals surface area contributed by atoms with E-state index >= 15 is 0 Å². The molecule has 1 aliphatic carbocycles. The largest absolute Gasteiger partial charge is 0.294 e. The van der Waals surface area contributed by atoms with Crippen molar-refractivity contribution < 1.29 is 4.79 Å². The molecule has 0 spiro atoms. The van der Waals surface area contributed by atoms with Crippen LogP contribution in [0.3, 0.4) is 0 Å². The Labute approximate surface area is 84.9 Å². The fourth-order valence-corrected chi connectivity index (χ4v) is 2.51. The van der Waals surface area contributed by atoms with Crippen molar-refractivity contribution in [3.8, 4) is 0 Å². The minimum atomic E-state index is 0.177. The maximum atomic E-state index is 11.3. The average molecular weight is 201 g/mol. The van der Waals surface area contributed by atoms with E-state index in [-0.39, 0.29) is 5.78 Å². The lowest BCUT2D eigenvalue weighted by Gasteiger charge is -2.09. The van der Waals surface area contributed by atoms with Crippen LogP contribution in [-0.2, 0) is 11.2 Å². The van der Waals surface area contributed by atoms with E-state index in [1.54, 1.807) is 17.4 Å². The van der Waals surface area contributed by atoms with Crippen LogP contribution >= 0.6 is 11.3 Å². The van der Waals surface area contributed by atoms with Gasteiger partial charge in [0.05, 0.1) is 0 Å². The number of ketones is 1. The second kappa shape index (κ2) is 2.75. The summed E-state index contributed by atoms with van der Waals surface area (Å²) in [6.07, 6.45) is 5.84. The maximum absolute atomic E-state index is 11.3. The van der Waals surface area contributed by atoms with Crippen LogP contribution in [-0.4, -0.2) is 10.8 Å². The number of hydrogen-bond acceptors (Lipinski definition) is 3. The zero-order valence-electron chi connectivity index (χ0n) is 7.36. The Bertz CT molecular complexity index is 553. The molecule has 0 atom stereocenters. The minimum Gasteiger partial charge on any atom is -0.294 e. The van der Waals surface area contributed by atoms with Crippen molar-refractivity contribution in [1.82, 2.24) is 4.98 Å². The first-order valence-electron chi connectivity index (χ1n) is 4.40. The predicted molar refractivity (Wildman–Crippen MR) is 57.4 cm³/mol. The summed E-state index contributed by atoms with van der Waals surface area (Å²) >= 11 is 1.61. The van der Waals surface area contributed by atoms with Gasteiger partial charge in [0.1, 0.15) is 4.83 Å². The summed E-state index contributed by atoms with van der Waals surface area (Å²) in [5.41, 5.74) is 2.21. The second-order valence-corrected chi connectivity index (χ2v) is 4.20. The predicted octanol–water partition coefficient (Wildman–Crippen LogP) is 2.43. The number of rotatable bonds is 0. The van der Waals surface area contributed by atoms with E-state index in [1.807, 2.05) is 23.7 Å². The highest BCUT2D eigenvalue weighted by atomic mass is 32.1. The summed E-state index contributed by atoms with van der Waals surface area (Å²) in [4.78, 5) is 16.6. The first-order valence-corrected chi connectivity index (χ1v) is 5.28. The molecule has 68 valence electrons. The van der Waals surface area contributed by atoms with Gasteiger partial charge in [0.15, 0.2) is 5.78 Å². The van der Waals surface area contributed by atoms with Gasteiger partial charge in [-0.2, -0.15) is 0 Å². The number of carbonyl (C=O) groups excluding carboxylic acids is 1. The number of aromatic nitrogens is 1. The molecule has 0 fully saturated rings. The molecule has 0 bridgehead atoms. The summed E-state index contributed by atoms with van der Waals surface area (Å²) in [7, 11) is 0. The molecule has 14 heavy (non-hydrogen) atoms. The first-order chi connectivity index (χ1) is 6.84. The van der Waals surface area contributed by atoms with Gasteiger partial charge in [-0.05, 0) is 34.7 Å². The fraction of sp³-hybridized carbons (Fsp3) is 0.0909. The van der Waals surface area contributed by atoms with Crippen molar-refractivity contribution in [2.24, 2.45) is 0 Å². The third-order valence-electron chi connectivity index (χ3n) is 2.44. The number of fused-ring (bicyclic) bond motifs is 3. The van der Waals surface area contributed by atoms with Gasteiger partial charge in [0.25, 0.3) is 0 Å². The van der Waals surface area contributed by atoms with Gasteiger partial charge in [-0.1, -0.05) is 0 Å². The van der Waals surface area contributed by atoms with Gasteiger partial charge < -0.3 is 0 Å². The highest BCUT2D eigenvalue weighted by Gasteiger charge is 2.14. The van der Waals surface area contributed by atoms with Crippen LogP contribution < -0.4 is 0 Å². The molecule has 2 aromatic rings. The summed E-state index contributed by atoms with van der Waals surface area (Å²) in [6, 6.07) is 2.04. The van der Waals surface area contributed by atoms with Crippen molar-refractivity contribution >= 4 is 33.4 Å². The number of thiophene rings is 1. The van der Waals surface area contributed by atoms with Crippen molar-refractivity contribution in [1.29, 1.82) is 0 Å². The molecule has 0 saturated carbocycles. The topological polar surface area (TPSA) is 30.0 Å². The highest BCUT2D eigenvalue weighted by Crippen LogP contribution is 2.28. The van der Waals surface area contributed by atoms with Crippen LogP contribution in [0.1, 0.15) is 11.1 Å². The average Bonchev–Trinajstić information content (AvgIpc) is 2.65. The number of hydrogen-bond donors (Lipinski definition) is 0. The van der Waals surface area contributed by atoms with Gasteiger partial charge in [-0.3, -0.25) is 4.79 Å². The molecular formula is C11H7NOS. The van der Waals surface area contributed by atoms with E-state index < -0.39 is 0 Å². The smallest absolute Gasteiger partial charge is 0.160 e. The molecular weight excluding hydrogens is 194 g/mol. The molecule has 0 unspecified atom stereocenters. The van der Waals surface area contributed by atoms with Gasteiger partial charge >= 0.3 is 0 Å².